The molecule has 0 spiro atoms. The van der Waals surface area contributed by atoms with Crippen LogP contribution in [-0.2, 0) is 19.1 Å². The van der Waals surface area contributed by atoms with Gasteiger partial charge in [-0.2, -0.15) is 0 Å². The maximum atomic E-state index is 12.1. The molecule has 0 aliphatic carbocycles. The highest BCUT2D eigenvalue weighted by Gasteiger charge is 2.23. The fourth-order valence-electron chi connectivity index (χ4n) is 1.87. The van der Waals surface area contributed by atoms with Crippen LogP contribution < -0.4 is 5.32 Å². The zero-order chi connectivity index (χ0) is 14.3. The molecule has 0 aromatic rings. The maximum Gasteiger partial charge on any atom is 0.309 e. The van der Waals surface area contributed by atoms with Crippen molar-refractivity contribution < 1.29 is 19.1 Å². The molecule has 1 saturated heterocycles. The van der Waals surface area contributed by atoms with Gasteiger partial charge in [-0.3, -0.25) is 9.59 Å². The first-order valence-electron chi connectivity index (χ1n) is 6.82. The van der Waals surface area contributed by atoms with Crippen molar-refractivity contribution in [2.75, 3.05) is 39.5 Å². The molecule has 6 heteroatoms. The summed E-state index contributed by atoms with van der Waals surface area (Å²) in [5.74, 6) is -0.430. The molecule has 1 rings (SSSR count). The van der Waals surface area contributed by atoms with Crippen LogP contribution in [0.25, 0.3) is 0 Å². The van der Waals surface area contributed by atoms with E-state index in [2.05, 4.69) is 5.32 Å². The first-order chi connectivity index (χ1) is 9.06. The number of carbonyl (C=O) groups excluding carboxylic acids is 2. The summed E-state index contributed by atoms with van der Waals surface area (Å²) in [5, 5.41) is 3.09. The van der Waals surface area contributed by atoms with E-state index in [1.54, 1.807) is 18.7 Å². The Morgan fingerprint density at radius 2 is 1.95 bits per heavy atom. The number of amides is 1. The minimum atomic E-state index is -0.296. The third-order valence-corrected chi connectivity index (χ3v) is 3.11. The van der Waals surface area contributed by atoms with Gasteiger partial charge in [0.2, 0.25) is 5.91 Å². The Morgan fingerprint density at radius 1 is 1.32 bits per heavy atom. The lowest BCUT2D eigenvalue weighted by Gasteiger charge is -2.29. The second kappa shape index (κ2) is 8.12. The van der Waals surface area contributed by atoms with E-state index >= 15 is 0 Å². The first kappa shape index (κ1) is 15.9. The van der Waals surface area contributed by atoms with E-state index in [0.717, 1.165) is 0 Å². The van der Waals surface area contributed by atoms with Gasteiger partial charge in [0, 0.05) is 19.6 Å². The van der Waals surface area contributed by atoms with Crippen LogP contribution in [-0.4, -0.2) is 62.3 Å². The van der Waals surface area contributed by atoms with Gasteiger partial charge in [-0.05, 0) is 13.8 Å². The molecule has 6 nitrogen and oxygen atoms in total. The highest BCUT2D eigenvalue weighted by atomic mass is 16.5. The van der Waals surface area contributed by atoms with Crippen molar-refractivity contribution in [1.82, 2.24) is 10.2 Å². The van der Waals surface area contributed by atoms with Gasteiger partial charge < -0.3 is 19.7 Å². The summed E-state index contributed by atoms with van der Waals surface area (Å²) in [6.45, 7) is 8.67. The van der Waals surface area contributed by atoms with Crippen molar-refractivity contribution in [3.63, 3.8) is 0 Å². The van der Waals surface area contributed by atoms with Gasteiger partial charge in [0.05, 0.1) is 31.8 Å². The largest absolute Gasteiger partial charge is 0.466 e. The minimum Gasteiger partial charge on any atom is -0.466 e. The van der Waals surface area contributed by atoms with Crippen LogP contribution in [0.4, 0.5) is 0 Å². The molecule has 110 valence electrons. The van der Waals surface area contributed by atoms with Gasteiger partial charge in [0.1, 0.15) is 0 Å². The highest BCUT2D eigenvalue weighted by molar-refractivity contribution is 5.81. The van der Waals surface area contributed by atoms with E-state index in [0.29, 0.717) is 39.5 Å². The number of nitrogens with zero attached hydrogens (tertiary/aromatic N) is 1. The third-order valence-electron chi connectivity index (χ3n) is 3.11. The van der Waals surface area contributed by atoms with Crippen molar-refractivity contribution >= 4 is 11.9 Å². The fraction of sp³-hybridized carbons (Fsp3) is 0.846. The zero-order valence-corrected chi connectivity index (χ0v) is 12.0. The molecule has 1 N–H and O–H groups in total. The second-order valence-electron chi connectivity index (χ2n) is 4.72. The van der Waals surface area contributed by atoms with Crippen LogP contribution >= 0.6 is 0 Å². The van der Waals surface area contributed by atoms with E-state index in [4.69, 9.17) is 9.47 Å². The van der Waals surface area contributed by atoms with Crippen molar-refractivity contribution in [2.24, 2.45) is 5.92 Å². The number of hydrogen-bond acceptors (Lipinski definition) is 5. The van der Waals surface area contributed by atoms with Crippen LogP contribution in [0.15, 0.2) is 0 Å². The van der Waals surface area contributed by atoms with E-state index in [9.17, 15) is 9.59 Å². The number of rotatable bonds is 6. The summed E-state index contributed by atoms with van der Waals surface area (Å²) in [7, 11) is 0. The SMILES string of the molecule is CCOC(=O)C(C)CNC(C)C(=O)N1CCOCC1. The average Bonchev–Trinajstić information content (AvgIpc) is 2.44. The third kappa shape index (κ3) is 5.16. The van der Waals surface area contributed by atoms with Crippen LogP contribution in [0.3, 0.4) is 0 Å². The molecule has 1 fully saturated rings. The smallest absolute Gasteiger partial charge is 0.309 e. The van der Waals surface area contributed by atoms with Crippen molar-refractivity contribution in [2.45, 2.75) is 26.8 Å². The summed E-state index contributed by atoms with van der Waals surface area (Å²) in [4.78, 5) is 25.3. The predicted molar refractivity (Wildman–Crippen MR) is 70.7 cm³/mol. The predicted octanol–water partition coefficient (Wildman–Crippen LogP) is 0.0225. The van der Waals surface area contributed by atoms with Crippen LogP contribution in [0.5, 0.6) is 0 Å². The van der Waals surface area contributed by atoms with E-state index in [-0.39, 0.29) is 23.8 Å². The van der Waals surface area contributed by atoms with Crippen molar-refractivity contribution in [3.05, 3.63) is 0 Å². The number of ether oxygens (including phenoxy) is 2. The molecule has 1 amide bonds. The van der Waals surface area contributed by atoms with Gasteiger partial charge in [-0.25, -0.2) is 0 Å². The first-order valence-corrected chi connectivity index (χ1v) is 6.82. The standard InChI is InChI=1S/C13H24N2O4/c1-4-19-13(17)10(2)9-14-11(3)12(16)15-5-7-18-8-6-15/h10-11,14H,4-9H2,1-3H3. The molecule has 0 radical (unpaired) electrons. The van der Waals surface area contributed by atoms with E-state index in [1.165, 1.54) is 0 Å². The van der Waals surface area contributed by atoms with Crippen molar-refractivity contribution in [1.29, 1.82) is 0 Å². The second-order valence-corrected chi connectivity index (χ2v) is 4.72. The number of morpholine rings is 1. The molecular weight excluding hydrogens is 248 g/mol. The highest BCUT2D eigenvalue weighted by Crippen LogP contribution is 2.02. The lowest BCUT2D eigenvalue weighted by atomic mass is 10.1. The summed E-state index contributed by atoms with van der Waals surface area (Å²) in [6.07, 6.45) is 0. The topological polar surface area (TPSA) is 67.9 Å². The number of carbonyl (C=O) groups is 2. The molecule has 1 aliphatic heterocycles. The Balaban J connectivity index is 2.31. The maximum absolute atomic E-state index is 12.1. The average molecular weight is 272 g/mol. The molecule has 0 saturated carbocycles. The Labute approximate surface area is 114 Å². The van der Waals surface area contributed by atoms with Crippen molar-refractivity contribution in [3.8, 4) is 0 Å². The molecule has 0 aromatic carbocycles. The number of nitrogens with one attached hydrogen (secondary N) is 1. The molecule has 19 heavy (non-hydrogen) atoms. The molecule has 2 unspecified atom stereocenters. The zero-order valence-electron chi connectivity index (χ0n) is 12.0. The normalized spacial score (nSPS) is 18.8. The van der Waals surface area contributed by atoms with Gasteiger partial charge in [-0.1, -0.05) is 6.92 Å². The number of hydrogen-bond donors (Lipinski definition) is 1. The lowest BCUT2D eigenvalue weighted by molar-refractivity contribution is -0.147. The minimum absolute atomic E-state index is 0.0550. The molecule has 2 atom stereocenters. The Kier molecular flexibility index (Phi) is 6.80. The summed E-state index contributed by atoms with van der Waals surface area (Å²) < 4.78 is 10.1. The molecule has 1 heterocycles. The summed E-state index contributed by atoms with van der Waals surface area (Å²) in [6, 6.07) is -0.296. The molecule has 0 bridgehead atoms. The summed E-state index contributed by atoms with van der Waals surface area (Å²) >= 11 is 0. The Morgan fingerprint density at radius 3 is 2.53 bits per heavy atom. The Hall–Kier alpha value is -1.14. The van der Waals surface area contributed by atoms with Crippen LogP contribution in [0, 0.1) is 5.92 Å². The van der Waals surface area contributed by atoms with Gasteiger partial charge in [-0.15, -0.1) is 0 Å². The molecular formula is C13H24N2O4. The van der Waals surface area contributed by atoms with Crippen LogP contribution in [0.2, 0.25) is 0 Å². The van der Waals surface area contributed by atoms with Crippen LogP contribution in [0.1, 0.15) is 20.8 Å². The Bertz CT molecular complexity index is 303. The monoisotopic (exact) mass is 272 g/mol. The van der Waals surface area contributed by atoms with E-state index < -0.39 is 0 Å². The number of esters is 1. The molecule has 0 aromatic heterocycles. The van der Waals surface area contributed by atoms with E-state index in [1.807, 2.05) is 6.92 Å². The lowest BCUT2D eigenvalue weighted by Crippen LogP contribution is -2.50. The van der Waals surface area contributed by atoms with Gasteiger partial charge in [0.15, 0.2) is 0 Å². The molecule has 1 aliphatic rings. The van der Waals surface area contributed by atoms with Gasteiger partial charge in [0.25, 0.3) is 0 Å². The van der Waals surface area contributed by atoms with Gasteiger partial charge >= 0.3 is 5.97 Å². The summed E-state index contributed by atoms with van der Waals surface area (Å²) in [5.41, 5.74) is 0. The quantitative estimate of drug-likeness (QED) is 0.691. The fourth-order valence-corrected chi connectivity index (χ4v) is 1.87.